The molecule has 29 heavy (non-hydrogen) atoms. The first-order chi connectivity index (χ1) is 14.0. The molecule has 0 saturated heterocycles. The van der Waals surface area contributed by atoms with Crippen LogP contribution in [0, 0.1) is 0 Å². The number of aromatic nitrogens is 4. The zero-order valence-corrected chi connectivity index (χ0v) is 17.1. The summed E-state index contributed by atoms with van der Waals surface area (Å²) >= 11 is 12.5. The number of ether oxygens (including phenoxy) is 2. The predicted molar refractivity (Wildman–Crippen MR) is 114 cm³/mol. The van der Waals surface area contributed by atoms with E-state index in [1.807, 2.05) is 25.1 Å². The lowest BCUT2D eigenvalue weighted by Gasteiger charge is -2.17. The Hall–Kier alpha value is -3.03. The van der Waals surface area contributed by atoms with E-state index in [4.69, 9.17) is 38.4 Å². The molecule has 0 radical (unpaired) electrons. The number of fused-ring (bicyclic) bond motifs is 1. The second kappa shape index (κ2) is 7.77. The number of rotatable bonds is 5. The smallest absolute Gasteiger partial charge is 0.236 e. The van der Waals surface area contributed by atoms with Crippen molar-refractivity contribution in [2.45, 2.75) is 13.0 Å². The van der Waals surface area contributed by atoms with Crippen LogP contribution in [0.3, 0.4) is 0 Å². The highest BCUT2D eigenvalue weighted by atomic mass is 35.5. The molecule has 0 aliphatic rings. The summed E-state index contributed by atoms with van der Waals surface area (Å²) in [4.78, 5) is 8.20. The first kappa shape index (κ1) is 19.3. The van der Waals surface area contributed by atoms with Crippen LogP contribution in [0.5, 0.6) is 11.6 Å². The number of hydrogen-bond donors (Lipinski definition) is 2. The second-order valence-corrected chi connectivity index (χ2v) is 7.19. The highest BCUT2D eigenvalue weighted by Gasteiger charge is 2.17. The van der Waals surface area contributed by atoms with Gasteiger partial charge < -0.3 is 15.2 Å². The van der Waals surface area contributed by atoms with Gasteiger partial charge in [-0.25, -0.2) is 4.98 Å². The molecule has 0 bridgehead atoms. The second-order valence-electron chi connectivity index (χ2n) is 6.38. The van der Waals surface area contributed by atoms with Crippen molar-refractivity contribution in [2.24, 2.45) is 0 Å². The van der Waals surface area contributed by atoms with Crippen LogP contribution in [0.15, 0.2) is 42.9 Å². The van der Waals surface area contributed by atoms with Crippen molar-refractivity contribution in [2.75, 3.05) is 12.8 Å². The molecule has 4 aromatic rings. The summed E-state index contributed by atoms with van der Waals surface area (Å²) in [5, 5.41) is 9.19. The van der Waals surface area contributed by atoms with Gasteiger partial charge in [-0.05, 0) is 31.2 Å². The average Bonchev–Trinajstić information content (AvgIpc) is 3.11. The van der Waals surface area contributed by atoms with Crippen LogP contribution in [0.4, 0.5) is 5.69 Å². The highest BCUT2D eigenvalue weighted by molar-refractivity contribution is 6.35. The monoisotopic (exact) mass is 429 g/mol. The Balaban J connectivity index is 1.69. The molecule has 0 aliphatic carbocycles. The fourth-order valence-electron chi connectivity index (χ4n) is 3.13. The van der Waals surface area contributed by atoms with Gasteiger partial charge in [0, 0.05) is 35.1 Å². The van der Waals surface area contributed by atoms with E-state index in [1.54, 1.807) is 24.7 Å². The maximum atomic E-state index is 6.24. The van der Waals surface area contributed by atoms with Gasteiger partial charge in [0.05, 0.1) is 28.4 Å². The molecule has 0 amide bonds. The highest BCUT2D eigenvalue weighted by Crippen LogP contribution is 2.35. The molecule has 0 unspecified atom stereocenters. The van der Waals surface area contributed by atoms with E-state index in [-0.39, 0.29) is 6.10 Å². The van der Waals surface area contributed by atoms with Crippen molar-refractivity contribution < 1.29 is 9.47 Å². The molecule has 0 spiro atoms. The summed E-state index contributed by atoms with van der Waals surface area (Å²) < 4.78 is 11.2. The Morgan fingerprint density at radius 2 is 1.86 bits per heavy atom. The maximum absolute atomic E-state index is 6.24. The minimum atomic E-state index is -0.371. The average molecular weight is 430 g/mol. The molecule has 1 atom stereocenters. The first-order valence-electron chi connectivity index (χ1n) is 8.71. The fraction of sp³-hybridized carbons (Fsp3) is 0.150. The predicted octanol–water partition coefficient (Wildman–Crippen LogP) is 5.06. The number of halogens is 2. The summed E-state index contributed by atoms with van der Waals surface area (Å²) in [5.74, 6) is 1.02. The van der Waals surface area contributed by atoms with Crippen LogP contribution in [0.1, 0.15) is 18.6 Å². The van der Waals surface area contributed by atoms with Crippen LogP contribution < -0.4 is 15.2 Å². The maximum Gasteiger partial charge on any atom is 0.236 e. The number of nitrogens with one attached hydrogen (secondary N) is 1. The number of pyridine rings is 2. The van der Waals surface area contributed by atoms with Crippen LogP contribution in [-0.2, 0) is 0 Å². The lowest BCUT2D eigenvalue weighted by molar-refractivity contribution is 0.227. The van der Waals surface area contributed by atoms with Crippen molar-refractivity contribution in [3.05, 3.63) is 58.5 Å². The first-order valence-corrected chi connectivity index (χ1v) is 9.47. The Kier molecular flexibility index (Phi) is 5.17. The number of H-pyrrole nitrogens is 1. The van der Waals surface area contributed by atoms with E-state index in [2.05, 4.69) is 20.2 Å². The number of anilines is 1. The quantitative estimate of drug-likeness (QED) is 0.459. The van der Waals surface area contributed by atoms with Gasteiger partial charge in [0.15, 0.2) is 0 Å². The van der Waals surface area contributed by atoms with Gasteiger partial charge in [0.1, 0.15) is 17.5 Å². The van der Waals surface area contributed by atoms with E-state index in [0.29, 0.717) is 38.6 Å². The van der Waals surface area contributed by atoms with Crippen LogP contribution in [0.25, 0.3) is 22.2 Å². The van der Waals surface area contributed by atoms with Crippen molar-refractivity contribution in [1.29, 1.82) is 0 Å². The number of nitrogens with two attached hydrogens (primary N) is 1. The van der Waals surface area contributed by atoms with Crippen molar-refractivity contribution in [3.8, 4) is 22.9 Å². The lowest BCUT2D eigenvalue weighted by Crippen LogP contribution is -2.05. The summed E-state index contributed by atoms with van der Waals surface area (Å²) in [6.07, 6.45) is 4.38. The van der Waals surface area contributed by atoms with E-state index in [0.717, 1.165) is 16.5 Å². The fourth-order valence-corrected chi connectivity index (χ4v) is 3.80. The normalized spacial score (nSPS) is 12.1. The SMILES string of the molecule is COc1ncc(-c2n[nH]c3ccc(O[C@H](C)c4c(Cl)cncc4Cl)cc23)cc1N. The standard InChI is InChI=1S/C20H17Cl2N5O2/c1-10(18-14(21)8-24-9-15(18)22)29-12-3-4-17-13(6-12)19(27-26-17)11-5-16(23)20(28-2)25-7-11/h3-10H,23H2,1-2H3,(H,26,27)/t10-/m1/s1. The number of nitrogens with zero attached hydrogens (tertiary/aromatic N) is 3. The Morgan fingerprint density at radius 1 is 1.10 bits per heavy atom. The van der Waals surface area contributed by atoms with Crippen LogP contribution in [0.2, 0.25) is 10.0 Å². The number of methoxy groups -OCH3 is 1. The summed E-state index contributed by atoms with van der Waals surface area (Å²) in [7, 11) is 1.52. The van der Waals surface area contributed by atoms with Gasteiger partial charge in [-0.15, -0.1) is 0 Å². The van der Waals surface area contributed by atoms with Gasteiger partial charge in [0.25, 0.3) is 0 Å². The van der Waals surface area contributed by atoms with E-state index >= 15 is 0 Å². The Labute approximate surface area is 176 Å². The van der Waals surface area contributed by atoms with Gasteiger partial charge in [-0.1, -0.05) is 23.2 Å². The molecule has 148 valence electrons. The molecule has 1 aromatic carbocycles. The van der Waals surface area contributed by atoms with Crippen molar-refractivity contribution in [1.82, 2.24) is 20.2 Å². The van der Waals surface area contributed by atoms with E-state index in [9.17, 15) is 0 Å². The van der Waals surface area contributed by atoms with Gasteiger partial charge >= 0.3 is 0 Å². The van der Waals surface area contributed by atoms with Gasteiger partial charge in [-0.3, -0.25) is 10.1 Å². The summed E-state index contributed by atoms with van der Waals surface area (Å²) in [6, 6.07) is 7.41. The van der Waals surface area contributed by atoms with E-state index in [1.165, 1.54) is 7.11 Å². The molecule has 3 heterocycles. The minimum absolute atomic E-state index is 0.371. The topological polar surface area (TPSA) is 98.9 Å². The minimum Gasteiger partial charge on any atom is -0.486 e. The number of aromatic amines is 1. The molecule has 3 aromatic heterocycles. The molecule has 0 fully saturated rings. The molecular weight excluding hydrogens is 413 g/mol. The summed E-state index contributed by atoms with van der Waals surface area (Å²) in [5.41, 5.74) is 9.44. The van der Waals surface area contributed by atoms with Crippen LogP contribution >= 0.6 is 23.2 Å². The van der Waals surface area contributed by atoms with Gasteiger partial charge in [0.2, 0.25) is 5.88 Å². The van der Waals surface area contributed by atoms with Crippen molar-refractivity contribution >= 4 is 39.8 Å². The molecule has 7 nitrogen and oxygen atoms in total. The third-order valence-corrected chi connectivity index (χ3v) is 5.09. The Bertz CT molecular complexity index is 1170. The van der Waals surface area contributed by atoms with Crippen LogP contribution in [-0.4, -0.2) is 27.3 Å². The largest absolute Gasteiger partial charge is 0.486 e. The van der Waals surface area contributed by atoms with E-state index < -0.39 is 0 Å². The molecule has 0 saturated carbocycles. The number of hydrogen-bond acceptors (Lipinski definition) is 6. The lowest BCUT2D eigenvalue weighted by atomic mass is 10.1. The zero-order valence-electron chi connectivity index (χ0n) is 15.6. The molecule has 9 heteroatoms. The molecule has 3 N–H and O–H groups in total. The van der Waals surface area contributed by atoms with Gasteiger partial charge in [-0.2, -0.15) is 5.10 Å². The van der Waals surface area contributed by atoms with Crippen molar-refractivity contribution in [3.63, 3.8) is 0 Å². The molecule has 0 aliphatic heterocycles. The molecular formula is C20H17Cl2N5O2. The number of benzene rings is 1. The Morgan fingerprint density at radius 3 is 2.55 bits per heavy atom. The third kappa shape index (κ3) is 3.66. The third-order valence-electron chi connectivity index (χ3n) is 4.49. The summed E-state index contributed by atoms with van der Waals surface area (Å²) in [6.45, 7) is 1.88. The molecule has 4 rings (SSSR count). The zero-order chi connectivity index (χ0) is 20.5. The number of nitrogen functional groups attached to an aromatic ring is 1.